The number of nitrogens with zero attached hydrogens (tertiary/aromatic N) is 4. The fourth-order valence-corrected chi connectivity index (χ4v) is 6.90. The van der Waals surface area contributed by atoms with Crippen LogP contribution < -0.4 is 15.4 Å². The van der Waals surface area contributed by atoms with E-state index in [1.807, 2.05) is 60.0 Å². The molecule has 0 bridgehead atoms. The van der Waals surface area contributed by atoms with Crippen LogP contribution >= 0.6 is 27.3 Å². The summed E-state index contributed by atoms with van der Waals surface area (Å²) in [6.45, 7) is 1.25. The van der Waals surface area contributed by atoms with Crippen molar-refractivity contribution in [1.82, 2.24) is 25.3 Å². The number of hydrogen-bond acceptors (Lipinski definition) is 10. The first kappa shape index (κ1) is 29.8. The van der Waals surface area contributed by atoms with Crippen molar-refractivity contribution in [2.24, 2.45) is 0 Å². The standard InChI is InChI=1S/C32H27BrN6O3S2/c33-26-15-23(11-12-30(26)42-19-22-7-3-1-4-8-22)38-32-25-16-27(35-17-28(25)36-21-37-32)29-20-43-31(39-29)18-34-13-14-44(40,41)24-9-5-2-6-10-24/h1-12,15-17,20-21,34H,13-14,18-19H2,(H,36,37,38). The summed E-state index contributed by atoms with van der Waals surface area (Å²) in [5.74, 6) is 1.39. The van der Waals surface area contributed by atoms with Gasteiger partial charge in [0.1, 0.15) is 29.5 Å². The van der Waals surface area contributed by atoms with E-state index in [2.05, 4.69) is 41.5 Å². The van der Waals surface area contributed by atoms with Gasteiger partial charge in [-0.05, 0) is 57.9 Å². The molecule has 6 rings (SSSR count). The highest BCUT2D eigenvalue weighted by molar-refractivity contribution is 9.10. The number of sulfone groups is 1. The van der Waals surface area contributed by atoms with Crippen molar-refractivity contribution in [3.63, 3.8) is 0 Å². The smallest absolute Gasteiger partial charge is 0.179 e. The first-order valence-electron chi connectivity index (χ1n) is 13.7. The number of nitrogens with one attached hydrogen (secondary N) is 2. The quantitative estimate of drug-likeness (QED) is 0.134. The van der Waals surface area contributed by atoms with Crippen molar-refractivity contribution >= 4 is 59.5 Å². The van der Waals surface area contributed by atoms with Gasteiger partial charge >= 0.3 is 0 Å². The zero-order valence-corrected chi connectivity index (χ0v) is 26.6. The molecule has 3 aromatic carbocycles. The van der Waals surface area contributed by atoms with Crippen LogP contribution in [0.1, 0.15) is 10.6 Å². The van der Waals surface area contributed by atoms with E-state index in [0.29, 0.717) is 41.6 Å². The second-order valence-corrected chi connectivity index (χ2v) is 13.7. The maximum absolute atomic E-state index is 12.5. The zero-order valence-electron chi connectivity index (χ0n) is 23.4. The molecule has 6 aromatic rings. The largest absolute Gasteiger partial charge is 0.488 e. The zero-order chi connectivity index (χ0) is 30.4. The van der Waals surface area contributed by atoms with E-state index in [4.69, 9.17) is 9.72 Å². The van der Waals surface area contributed by atoms with Crippen LogP contribution in [0.2, 0.25) is 0 Å². The van der Waals surface area contributed by atoms with Crippen molar-refractivity contribution < 1.29 is 13.2 Å². The summed E-state index contributed by atoms with van der Waals surface area (Å²) in [7, 11) is -3.33. The average Bonchev–Trinajstić information content (AvgIpc) is 3.53. The van der Waals surface area contributed by atoms with Crippen LogP contribution in [-0.4, -0.2) is 40.7 Å². The molecule has 0 saturated heterocycles. The molecule has 0 aliphatic rings. The van der Waals surface area contributed by atoms with Gasteiger partial charge < -0.3 is 15.4 Å². The van der Waals surface area contributed by atoms with Gasteiger partial charge in [0, 0.05) is 29.5 Å². The average molecular weight is 688 g/mol. The van der Waals surface area contributed by atoms with Crippen LogP contribution in [0, 0.1) is 0 Å². The summed E-state index contributed by atoms with van der Waals surface area (Å²) in [6.07, 6.45) is 3.21. The lowest BCUT2D eigenvalue weighted by atomic mass is 10.2. The lowest BCUT2D eigenvalue weighted by Gasteiger charge is -2.12. The molecule has 0 fully saturated rings. The highest BCUT2D eigenvalue weighted by Gasteiger charge is 2.14. The second-order valence-electron chi connectivity index (χ2n) is 9.79. The Bertz CT molecular complexity index is 1990. The van der Waals surface area contributed by atoms with Gasteiger partial charge in [-0.25, -0.2) is 23.4 Å². The first-order chi connectivity index (χ1) is 21.4. The molecule has 0 radical (unpaired) electrons. The molecule has 44 heavy (non-hydrogen) atoms. The Morgan fingerprint density at radius 3 is 2.48 bits per heavy atom. The van der Waals surface area contributed by atoms with Gasteiger partial charge in [-0.15, -0.1) is 11.3 Å². The SMILES string of the molecule is O=S(=O)(CCNCc1nc(-c2cc3c(Nc4ccc(OCc5ccccc5)c(Br)c4)ncnc3cn2)cs1)c1ccccc1. The lowest BCUT2D eigenvalue weighted by Crippen LogP contribution is -2.22. The molecule has 0 aliphatic carbocycles. The van der Waals surface area contributed by atoms with Crippen molar-refractivity contribution in [3.8, 4) is 17.1 Å². The third-order valence-corrected chi connectivity index (χ3v) is 9.89. The third-order valence-electron chi connectivity index (χ3n) is 6.69. The summed E-state index contributed by atoms with van der Waals surface area (Å²) in [4.78, 5) is 18.5. The Labute approximate surface area is 267 Å². The van der Waals surface area contributed by atoms with Gasteiger partial charge in [0.05, 0.1) is 38.2 Å². The number of rotatable bonds is 12. The van der Waals surface area contributed by atoms with Gasteiger partial charge in [-0.2, -0.15) is 0 Å². The number of ether oxygens (including phenoxy) is 1. The Kier molecular flexibility index (Phi) is 9.22. The Balaban J connectivity index is 1.11. The predicted molar refractivity (Wildman–Crippen MR) is 177 cm³/mol. The van der Waals surface area contributed by atoms with Gasteiger partial charge in [0.25, 0.3) is 0 Å². The van der Waals surface area contributed by atoms with E-state index in [-0.39, 0.29) is 5.75 Å². The summed E-state index contributed by atoms with van der Waals surface area (Å²) < 4.78 is 31.8. The Morgan fingerprint density at radius 2 is 1.68 bits per heavy atom. The molecule has 12 heteroatoms. The maximum atomic E-state index is 12.5. The van der Waals surface area contributed by atoms with E-state index >= 15 is 0 Å². The van der Waals surface area contributed by atoms with Crippen molar-refractivity contribution in [1.29, 1.82) is 0 Å². The van der Waals surface area contributed by atoms with Gasteiger partial charge in [0.2, 0.25) is 0 Å². The number of hydrogen-bond donors (Lipinski definition) is 2. The number of thiazole rings is 1. The summed E-state index contributed by atoms with van der Waals surface area (Å²) >= 11 is 5.11. The monoisotopic (exact) mass is 686 g/mol. The van der Waals surface area contributed by atoms with Crippen LogP contribution in [0.25, 0.3) is 22.3 Å². The summed E-state index contributed by atoms with van der Waals surface area (Å²) in [6, 6.07) is 26.2. The van der Waals surface area contributed by atoms with Crippen molar-refractivity contribution in [3.05, 3.63) is 118 Å². The minimum absolute atomic E-state index is 0.0112. The molecule has 0 saturated carbocycles. The highest BCUT2D eigenvalue weighted by Crippen LogP contribution is 2.32. The van der Waals surface area contributed by atoms with Gasteiger partial charge in [-0.3, -0.25) is 4.98 Å². The minimum Gasteiger partial charge on any atom is -0.488 e. The molecule has 3 heterocycles. The summed E-state index contributed by atoms with van der Waals surface area (Å²) in [5, 5.41) is 10.2. The van der Waals surface area contributed by atoms with E-state index in [1.54, 1.807) is 36.5 Å². The predicted octanol–water partition coefficient (Wildman–Crippen LogP) is 6.80. The molecular weight excluding hydrogens is 660 g/mol. The number of benzene rings is 3. The normalized spacial score (nSPS) is 11.5. The van der Waals surface area contributed by atoms with Gasteiger partial charge in [-0.1, -0.05) is 48.5 Å². The number of halogens is 1. The fourth-order valence-electron chi connectivity index (χ4n) is 4.42. The molecule has 0 unspecified atom stereocenters. The number of aromatic nitrogens is 4. The van der Waals surface area contributed by atoms with Crippen LogP contribution in [-0.2, 0) is 23.0 Å². The third kappa shape index (κ3) is 7.28. The Morgan fingerprint density at radius 1 is 0.886 bits per heavy atom. The number of fused-ring (bicyclic) bond motifs is 1. The van der Waals surface area contributed by atoms with Crippen LogP contribution in [0.4, 0.5) is 11.5 Å². The number of anilines is 2. The van der Waals surface area contributed by atoms with Gasteiger partial charge in [0.15, 0.2) is 9.84 Å². The van der Waals surface area contributed by atoms with E-state index in [1.165, 1.54) is 17.7 Å². The van der Waals surface area contributed by atoms with E-state index < -0.39 is 9.84 Å². The molecular formula is C32H27BrN6O3S2. The van der Waals surface area contributed by atoms with Crippen LogP contribution in [0.5, 0.6) is 5.75 Å². The molecule has 0 aliphatic heterocycles. The molecule has 0 atom stereocenters. The summed E-state index contributed by atoms with van der Waals surface area (Å²) in [5.41, 5.74) is 4.04. The molecule has 222 valence electrons. The second kappa shape index (κ2) is 13.6. The molecule has 9 nitrogen and oxygen atoms in total. The minimum atomic E-state index is -3.33. The molecule has 3 aromatic heterocycles. The maximum Gasteiger partial charge on any atom is 0.179 e. The van der Waals surface area contributed by atoms with Crippen LogP contribution in [0.15, 0.2) is 112 Å². The van der Waals surface area contributed by atoms with Crippen molar-refractivity contribution in [2.45, 2.75) is 18.0 Å². The van der Waals surface area contributed by atoms with Crippen molar-refractivity contribution in [2.75, 3.05) is 17.6 Å². The molecule has 2 N–H and O–H groups in total. The first-order valence-corrected chi connectivity index (χ1v) is 17.0. The fraction of sp³-hybridized carbons (Fsp3) is 0.125. The number of pyridine rings is 1. The highest BCUT2D eigenvalue weighted by atomic mass is 79.9. The Hall–Kier alpha value is -4.23. The van der Waals surface area contributed by atoms with Crippen LogP contribution in [0.3, 0.4) is 0 Å². The topological polar surface area (TPSA) is 119 Å². The lowest BCUT2D eigenvalue weighted by molar-refractivity contribution is 0.304. The van der Waals surface area contributed by atoms with E-state index in [9.17, 15) is 8.42 Å². The molecule has 0 spiro atoms. The molecule has 0 amide bonds. The van der Waals surface area contributed by atoms with E-state index in [0.717, 1.165) is 37.6 Å².